The summed E-state index contributed by atoms with van der Waals surface area (Å²) in [4.78, 5) is 99.9. The molecule has 18 heteroatoms. The first-order chi connectivity index (χ1) is 27.5. The summed E-state index contributed by atoms with van der Waals surface area (Å²) in [5.41, 5.74) is 13.1. The molecule has 1 unspecified atom stereocenters. The van der Waals surface area contributed by atoms with Crippen molar-refractivity contribution in [3.8, 4) is 0 Å². The van der Waals surface area contributed by atoms with Gasteiger partial charge in [-0.05, 0) is 60.5 Å². The molecule has 12 N–H and O–H groups in total. The van der Waals surface area contributed by atoms with E-state index in [-0.39, 0.29) is 32.2 Å². The largest absolute Gasteiger partial charge is 0.381 e. The van der Waals surface area contributed by atoms with Gasteiger partial charge in [-0.1, -0.05) is 76.0 Å². The third kappa shape index (κ3) is 11.8. The SMILES string of the molecule is CCC(C)[C@@H]1NC(=O)[C@H](Cc2ccccc2)NC(=O)[C@H](C(C)C)NC(=O)[C@H](Cc2c[nH]c3ccc(Cl)cc23)NC(=O)[C@H]([C@H](O)C(N)=O)NC(=O)[C@H](CCCN)NC1=O. The van der Waals surface area contributed by atoms with Crippen LogP contribution in [0, 0.1) is 11.8 Å². The number of aliphatic hydroxyl groups is 1. The van der Waals surface area contributed by atoms with Gasteiger partial charge in [0.05, 0.1) is 0 Å². The lowest BCUT2D eigenvalue weighted by atomic mass is 9.96. The molecule has 1 aliphatic heterocycles. The van der Waals surface area contributed by atoms with E-state index >= 15 is 0 Å². The minimum atomic E-state index is -2.28. The Kier molecular flexibility index (Phi) is 16.2. The summed E-state index contributed by atoms with van der Waals surface area (Å²) in [5, 5.41) is 27.7. The van der Waals surface area contributed by atoms with Crippen LogP contribution in [0.2, 0.25) is 5.02 Å². The van der Waals surface area contributed by atoms with Gasteiger partial charge in [0.2, 0.25) is 41.4 Å². The number of aromatic amines is 1. The van der Waals surface area contributed by atoms with Crippen LogP contribution in [0.4, 0.5) is 0 Å². The number of rotatable bonds is 12. The normalized spacial score (nSPS) is 24.0. The lowest BCUT2D eigenvalue weighted by molar-refractivity contribution is -0.141. The Morgan fingerprint density at radius 1 is 0.741 bits per heavy atom. The Bertz CT molecular complexity index is 1960. The number of fused-ring (bicyclic) bond motifs is 1. The predicted octanol–water partition coefficient (Wildman–Crippen LogP) is -0.184. The van der Waals surface area contributed by atoms with Crippen molar-refractivity contribution >= 4 is 63.9 Å². The number of carbonyl (C=O) groups excluding carboxylic acids is 7. The van der Waals surface area contributed by atoms with Gasteiger partial charge in [-0.25, -0.2) is 0 Å². The highest BCUT2D eigenvalue weighted by molar-refractivity contribution is 6.31. The fourth-order valence-corrected chi connectivity index (χ4v) is 6.81. The molecular weight excluding hydrogens is 770 g/mol. The maximum absolute atomic E-state index is 14.3. The monoisotopic (exact) mass is 823 g/mol. The molecule has 1 aliphatic rings. The summed E-state index contributed by atoms with van der Waals surface area (Å²) in [6.07, 6.45) is -0.212. The zero-order valence-corrected chi connectivity index (χ0v) is 33.7. The van der Waals surface area contributed by atoms with E-state index in [2.05, 4.69) is 36.9 Å². The van der Waals surface area contributed by atoms with Gasteiger partial charge >= 0.3 is 0 Å². The van der Waals surface area contributed by atoms with E-state index < -0.39 is 95.5 Å². The standard InChI is InChI=1S/C40H54ClN9O8/c1-5-21(4)31-39(57)45-27(12-9-15-42)35(53)50-32(33(51)34(43)52)40(58)47-29(17-23-19-44-26-14-13-24(41)18-25(23)26)37(55)48-30(20(2)3)38(56)46-28(36(54)49-31)16-22-10-7-6-8-11-22/h6-8,10-11,13-14,18-21,27-33,44,51H,5,9,12,15-17,42H2,1-4H3,(H2,43,52)(H,45,57)(H,46,56)(H,47,58)(H,48,55)(H,49,54)(H,50,53)/t21?,27-,28-,29-,30-,31-,32-,33-/m0/s1. The summed E-state index contributed by atoms with van der Waals surface area (Å²) in [6, 6.07) is 5.40. The van der Waals surface area contributed by atoms with Crippen molar-refractivity contribution in [2.75, 3.05) is 6.54 Å². The molecule has 2 aromatic carbocycles. The number of benzene rings is 2. The second-order valence-electron chi connectivity index (χ2n) is 14.9. The van der Waals surface area contributed by atoms with Crippen LogP contribution >= 0.6 is 11.6 Å². The van der Waals surface area contributed by atoms with E-state index in [9.17, 15) is 38.7 Å². The average molecular weight is 824 g/mol. The van der Waals surface area contributed by atoms with Gasteiger partial charge in [0.15, 0.2) is 6.10 Å². The first kappa shape index (κ1) is 45.2. The van der Waals surface area contributed by atoms with Crippen LogP contribution in [-0.2, 0) is 46.4 Å². The number of carbonyl (C=O) groups is 7. The number of halogens is 1. The number of primary amides is 1. The predicted molar refractivity (Wildman–Crippen MR) is 217 cm³/mol. The molecule has 1 aromatic heterocycles. The Labute approximate surface area is 341 Å². The number of hydrogen-bond acceptors (Lipinski definition) is 9. The van der Waals surface area contributed by atoms with Gasteiger partial charge in [0.1, 0.15) is 36.3 Å². The molecule has 0 saturated carbocycles. The van der Waals surface area contributed by atoms with E-state index in [4.69, 9.17) is 23.1 Å². The average Bonchev–Trinajstić information content (AvgIpc) is 3.58. The number of nitrogens with two attached hydrogens (primary N) is 2. The van der Waals surface area contributed by atoms with Crippen molar-refractivity contribution in [1.29, 1.82) is 0 Å². The molecule has 7 amide bonds. The van der Waals surface area contributed by atoms with Crippen molar-refractivity contribution in [2.24, 2.45) is 23.3 Å². The molecule has 17 nitrogen and oxygen atoms in total. The second kappa shape index (κ2) is 20.8. The minimum absolute atomic E-state index is 0.0267. The van der Waals surface area contributed by atoms with E-state index in [1.165, 1.54) is 0 Å². The van der Waals surface area contributed by atoms with Gasteiger partial charge in [-0.3, -0.25) is 33.6 Å². The van der Waals surface area contributed by atoms with Crippen molar-refractivity contribution in [3.05, 3.63) is 70.9 Å². The van der Waals surface area contributed by atoms with Crippen molar-refractivity contribution in [2.45, 2.75) is 102 Å². The highest BCUT2D eigenvalue weighted by Gasteiger charge is 2.39. The molecular formula is C40H54ClN9O8. The molecule has 58 heavy (non-hydrogen) atoms. The zero-order valence-electron chi connectivity index (χ0n) is 33.0. The topological polar surface area (TPSA) is 280 Å². The summed E-state index contributed by atoms with van der Waals surface area (Å²) >= 11 is 6.28. The van der Waals surface area contributed by atoms with Gasteiger partial charge in [0.25, 0.3) is 0 Å². The van der Waals surface area contributed by atoms with Gasteiger partial charge in [0, 0.05) is 35.0 Å². The number of H-pyrrole nitrogens is 1. The number of amides is 7. The molecule has 1 saturated heterocycles. The molecule has 0 radical (unpaired) electrons. The number of hydrogen-bond donors (Lipinski definition) is 10. The molecule has 3 aromatic rings. The highest BCUT2D eigenvalue weighted by Crippen LogP contribution is 2.24. The maximum Gasteiger partial charge on any atom is 0.248 e. The Morgan fingerprint density at radius 2 is 1.29 bits per heavy atom. The highest BCUT2D eigenvalue weighted by atomic mass is 35.5. The Hall–Kier alpha value is -5.52. The molecule has 4 rings (SSSR count). The first-order valence-electron chi connectivity index (χ1n) is 19.3. The Morgan fingerprint density at radius 3 is 1.90 bits per heavy atom. The third-order valence-corrected chi connectivity index (χ3v) is 10.5. The lowest BCUT2D eigenvalue weighted by Crippen LogP contribution is -2.65. The summed E-state index contributed by atoms with van der Waals surface area (Å²) in [6.45, 7) is 7.01. The summed E-state index contributed by atoms with van der Waals surface area (Å²) in [7, 11) is 0. The van der Waals surface area contributed by atoms with Crippen LogP contribution in [0.25, 0.3) is 10.9 Å². The van der Waals surface area contributed by atoms with Crippen molar-refractivity contribution < 1.29 is 38.7 Å². The zero-order chi connectivity index (χ0) is 42.7. The maximum atomic E-state index is 14.3. The summed E-state index contributed by atoms with van der Waals surface area (Å²) < 4.78 is 0. The van der Waals surface area contributed by atoms with E-state index in [1.54, 1.807) is 75.5 Å². The third-order valence-electron chi connectivity index (χ3n) is 10.3. The van der Waals surface area contributed by atoms with Crippen molar-refractivity contribution in [3.63, 3.8) is 0 Å². The number of nitrogens with one attached hydrogen (secondary N) is 7. The first-order valence-corrected chi connectivity index (χ1v) is 19.7. The van der Waals surface area contributed by atoms with E-state index in [0.29, 0.717) is 33.5 Å². The van der Waals surface area contributed by atoms with Gasteiger partial charge < -0.3 is 53.5 Å². The van der Waals surface area contributed by atoms with Crippen LogP contribution in [-0.4, -0.2) is 100 Å². The smallest absolute Gasteiger partial charge is 0.248 e. The fourth-order valence-electron chi connectivity index (χ4n) is 6.63. The van der Waals surface area contributed by atoms with E-state index in [1.807, 2.05) is 6.92 Å². The van der Waals surface area contributed by atoms with Crippen LogP contribution in [0.1, 0.15) is 58.1 Å². The summed E-state index contributed by atoms with van der Waals surface area (Å²) in [5.74, 6) is -7.51. The number of aromatic nitrogens is 1. The van der Waals surface area contributed by atoms with Crippen LogP contribution in [0.3, 0.4) is 0 Å². The lowest BCUT2D eigenvalue weighted by Gasteiger charge is -2.31. The van der Waals surface area contributed by atoms with E-state index in [0.717, 1.165) is 0 Å². The molecule has 8 atom stereocenters. The molecule has 314 valence electrons. The van der Waals surface area contributed by atoms with Crippen LogP contribution in [0.15, 0.2) is 54.7 Å². The van der Waals surface area contributed by atoms with Gasteiger partial charge in [-0.2, -0.15) is 0 Å². The second-order valence-corrected chi connectivity index (χ2v) is 15.4. The molecule has 0 spiro atoms. The quantitative estimate of drug-likeness (QED) is 0.116. The minimum Gasteiger partial charge on any atom is -0.381 e. The van der Waals surface area contributed by atoms with Crippen molar-refractivity contribution in [1.82, 2.24) is 36.9 Å². The van der Waals surface area contributed by atoms with Gasteiger partial charge in [-0.15, -0.1) is 0 Å². The van der Waals surface area contributed by atoms with Crippen LogP contribution in [0.5, 0.6) is 0 Å². The van der Waals surface area contributed by atoms with Crippen LogP contribution < -0.4 is 43.4 Å². The molecule has 2 heterocycles. The fraction of sp³-hybridized carbons (Fsp3) is 0.475. The Balaban J connectivity index is 1.84. The molecule has 0 bridgehead atoms. The number of aliphatic hydroxyl groups excluding tert-OH is 1. The molecule has 0 aliphatic carbocycles. The molecule has 1 fully saturated rings.